The zero-order valence-corrected chi connectivity index (χ0v) is 14.0. The van der Waals surface area contributed by atoms with Crippen molar-refractivity contribution in [2.75, 3.05) is 0 Å². The number of nitro groups is 5. The van der Waals surface area contributed by atoms with Crippen LogP contribution in [0.15, 0.2) is 24.3 Å². The molecule has 152 valence electrons. The van der Waals surface area contributed by atoms with Crippen molar-refractivity contribution in [3.63, 3.8) is 0 Å². The van der Waals surface area contributed by atoms with Crippen LogP contribution in [0.5, 0.6) is 0 Å². The first kappa shape index (κ1) is 19.6. The van der Waals surface area contributed by atoms with E-state index in [-0.39, 0.29) is 11.0 Å². The molecule has 1 heterocycles. The van der Waals surface area contributed by atoms with Crippen molar-refractivity contribution >= 4 is 39.5 Å². The minimum Gasteiger partial charge on any atom is -0.258 e. The van der Waals surface area contributed by atoms with Crippen LogP contribution in [0.2, 0.25) is 0 Å². The van der Waals surface area contributed by atoms with Crippen LogP contribution in [0, 0.1) is 50.6 Å². The Hall–Kier alpha value is -5.16. The number of hydrogen-bond donors (Lipinski definition) is 0. The van der Waals surface area contributed by atoms with E-state index in [2.05, 4.69) is 10.3 Å². The summed E-state index contributed by atoms with van der Waals surface area (Å²) in [5.74, 6) is 0. The number of nitro benzene ring substituents is 5. The Morgan fingerprint density at radius 1 is 0.633 bits per heavy atom. The molecule has 0 aliphatic heterocycles. The molecule has 0 fully saturated rings. The molecule has 0 saturated heterocycles. The van der Waals surface area contributed by atoms with E-state index >= 15 is 0 Å². The number of benzene rings is 2. The van der Waals surface area contributed by atoms with Crippen LogP contribution in [0.1, 0.15) is 0 Å². The molecular weight excluding hydrogens is 416 g/mol. The fourth-order valence-electron chi connectivity index (χ4n) is 2.77. The molecule has 0 aliphatic carbocycles. The van der Waals surface area contributed by atoms with Gasteiger partial charge in [0.05, 0.1) is 30.1 Å². The van der Waals surface area contributed by atoms with E-state index in [4.69, 9.17) is 0 Å². The summed E-state index contributed by atoms with van der Waals surface area (Å²) in [6.45, 7) is 0. The van der Waals surface area contributed by atoms with Gasteiger partial charge >= 0.3 is 28.4 Å². The summed E-state index contributed by atoms with van der Waals surface area (Å²) in [7, 11) is 0. The Morgan fingerprint density at radius 3 is 1.47 bits per heavy atom. The highest BCUT2D eigenvalue weighted by atomic mass is 16.7. The van der Waals surface area contributed by atoms with E-state index in [0.29, 0.717) is 4.68 Å². The summed E-state index contributed by atoms with van der Waals surface area (Å²) in [6, 6.07) is 5.39. The van der Waals surface area contributed by atoms with Gasteiger partial charge in [0, 0.05) is 0 Å². The van der Waals surface area contributed by atoms with Gasteiger partial charge in [0.25, 0.3) is 0 Å². The molecule has 3 rings (SSSR count). The van der Waals surface area contributed by atoms with E-state index in [1.807, 2.05) is 0 Å². The minimum atomic E-state index is -2.00. The zero-order valence-electron chi connectivity index (χ0n) is 14.0. The van der Waals surface area contributed by atoms with Gasteiger partial charge in [-0.1, -0.05) is 17.3 Å². The standard InChI is InChI=1S/C12H4N8O10/c21-16(22)8-7(15-6-4-2-1-3-5(6)13-14-15)9(17(23)24)11(19(27)28)12(20(29)30)10(8)18(25)26/h1-4H. The largest absolute Gasteiger partial charge is 0.437 e. The molecule has 0 amide bonds. The van der Waals surface area contributed by atoms with Gasteiger partial charge in [0.15, 0.2) is 0 Å². The normalized spacial score (nSPS) is 10.7. The predicted molar refractivity (Wildman–Crippen MR) is 92.1 cm³/mol. The molecule has 0 aliphatic rings. The number of para-hydroxylation sites is 1. The molecule has 0 atom stereocenters. The molecule has 0 bridgehead atoms. The van der Waals surface area contributed by atoms with Crippen molar-refractivity contribution in [2.45, 2.75) is 0 Å². The smallest absolute Gasteiger partial charge is 0.258 e. The summed E-state index contributed by atoms with van der Waals surface area (Å²) in [4.78, 5) is 49.6. The van der Waals surface area contributed by atoms with Crippen LogP contribution < -0.4 is 0 Å². The molecule has 0 unspecified atom stereocenters. The third-order valence-corrected chi connectivity index (χ3v) is 3.82. The van der Waals surface area contributed by atoms with Crippen molar-refractivity contribution < 1.29 is 24.6 Å². The average Bonchev–Trinajstić information content (AvgIpc) is 3.08. The Kier molecular flexibility index (Phi) is 4.43. The lowest BCUT2D eigenvalue weighted by molar-refractivity contribution is -0.460. The van der Waals surface area contributed by atoms with E-state index in [9.17, 15) is 50.6 Å². The second-order valence-electron chi connectivity index (χ2n) is 5.37. The van der Waals surface area contributed by atoms with Crippen molar-refractivity contribution in [3.8, 4) is 5.69 Å². The molecule has 0 saturated carbocycles. The van der Waals surface area contributed by atoms with Crippen molar-refractivity contribution in [3.05, 3.63) is 74.8 Å². The third-order valence-electron chi connectivity index (χ3n) is 3.82. The highest BCUT2D eigenvalue weighted by Gasteiger charge is 2.55. The van der Waals surface area contributed by atoms with Gasteiger partial charge in [0.1, 0.15) is 5.52 Å². The summed E-state index contributed by atoms with van der Waals surface area (Å²) in [6.07, 6.45) is 0. The quantitative estimate of drug-likeness (QED) is 0.410. The maximum atomic E-state index is 11.6. The Bertz CT molecular complexity index is 1240. The molecule has 3 aromatic rings. The van der Waals surface area contributed by atoms with Crippen LogP contribution in [0.3, 0.4) is 0 Å². The second-order valence-corrected chi connectivity index (χ2v) is 5.37. The minimum absolute atomic E-state index is 0.0322. The van der Waals surface area contributed by atoms with Gasteiger partial charge in [-0.05, 0) is 12.1 Å². The van der Waals surface area contributed by atoms with Crippen LogP contribution in [-0.2, 0) is 0 Å². The van der Waals surface area contributed by atoms with Gasteiger partial charge < -0.3 is 0 Å². The van der Waals surface area contributed by atoms with E-state index in [1.165, 1.54) is 24.3 Å². The van der Waals surface area contributed by atoms with Gasteiger partial charge in [-0.3, -0.25) is 50.6 Å². The van der Waals surface area contributed by atoms with Crippen LogP contribution in [0.4, 0.5) is 28.4 Å². The lowest BCUT2D eigenvalue weighted by atomic mass is 10.1. The maximum Gasteiger partial charge on any atom is 0.437 e. The van der Waals surface area contributed by atoms with E-state index in [1.54, 1.807) is 0 Å². The molecule has 18 heteroatoms. The van der Waals surface area contributed by atoms with Crippen molar-refractivity contribution in [2.24, 2.45) is 0 Å². The van der Waals surface area contributed by atoms with Crippen molar-refractivity contribution in [1.82, 2.24) is 15.0 Å². The van der Waals surface area contributed by atoms with Gasteiger partial charge in [-0.2, -0.15) is 4.68 Å². The van der Waals surface area contributed by atoms with E-state index in [0.717, 1.165) is 0 Å². The predicted octanol–water partition coefficient (Wildman–Crippen LogP) is 1.96. The summed E-state index contributed by atoms with van der Waals surface area (Å²) in [5, 5.41) is 64.6. The summed E-state index contributed by atoms with van der Waals surface area (Å²) in [5.41, 5.74) is -10.7. The average molecular weight is 420 g/mol. The van der Waals surface area contributed by atoms with E-state index < -0.39 is 58.7 Å². The highest BCUT2D eigenvalue weighted by Crippen LogP contribution is 2.53. The Morgan fingerprint density at radius 2 is 1.03 bits per heavy atom. The lowest BCUT2D eigenvalue weighted by Gasteiger charge is -2.06. The molecule has 30 heavy (non-hydrogen) atoms. The topological polar surface area (TPSA) is 246 Å². The molecule has 0 spiro atoms. The molecule has 0 radical (unpaired) electrons. The maximum absolute atomic E-state index is 11.6. The second kappa shape index (κ2) is 6.78. The number of nitrogens with zero attached hydrogens (tertiary/aromatic N) is 8. The first-order valence-electron chi connectivity index (χ1n) is 7.34. The fraction of sp³-hybridized carbons (Fsp3) is 0. The van der Waals surface area contributed by atoms with Gasteiger partial charge in [-0.25, -0.2) is 0 Å². The Labute approximate surface area is 160 Å². The molecule has 2 aromatic carbocycles. The van der Waals surface area contributed by atoms with Crippen LogP contribution >= 0.6 is 0 Å². The first-order chi connectivity index (χ1) is 14.1. The zero-order chi connectivity index (χ0) is 22.3. The van der Waals surface area contributed by atoms with Crippen LogP contribution in [-0.4, -0.2) is 39.6 Å². The lowest BCUT2D eigenvalue weighted by Crippen LogP contribution is -2.13. The monoisotopic (exact) mass is 420 g/mol. The summed E-state index contributed by atoms with van der Waals surface area (Å²) >= 11 is 0. The fourth-order valence-corrected chi connectivity index (χ4v) is 2.77. The first-order valence-corrected chi connectivity index (χ1v) is 7.34. The highest BCUT2D eigenvalue weighted by molar-refractivity contribution is 5.92. The number of aromatic nitrogens is 3. The summed E-state index contributed by atoms with van der Waals surface area (Å²) < 4.78 is 0.412. The number of hydrogen-bond acceptors (Lipinski definition) is 12. The molecule has 0 N–H and O–H groups in total. The van der Waals surface area contributed by atoms with Crippen molar-refractivity contribution in [1.29, 1.82) is 0 Å². The van der Waals surface area contributed by atoms with Crippen LogP contribution in [0.25, 0.3) is 16.7 Å². The number of rotatable bonds is 6. The molecule has 1 aromatic heterocycles. The molecular formula is C12H4N8O10. The number of fused-ring (bicyclic) bond motifs is 1. The Balaban J connectivity index is 2.74. The SMILES string of the molecule is O=[N+]([O-])c1c(-n2nnc3ccccc32)c([N+](=O)[O-])c([N+](=O)[O-])c([N+](=O)[O-])c1[N+](=O)[O-]. The molecule has 18 nitrogen and oxygen atoms in total. The van der Waals surface area contributed by atoms with Gasteiger partial charge in [0.2, 0.25) is 5.69 Å². The van der Waals surface area contributed by atoms with Gasteiger partial charge in [-0.15, -0.1) is 5.10 Å². The third kappa shape index (κ3) is 2.76.